The first-order chi connectivity index (χ1) is 10.8. The molecule has 2 aromatic rings. The number of rotatable bonds is 7. The second-order valence-corrected chi connectivity index (χ2v) is 8.04. The van der Waals surface area contributed by atoms with E-state index in [1.165, 1.54) is 24.3 Å². The van der Waals surface area contributed by atoms with Crippen molar-refractivity contribution >= 4 is 27.1 Å². The van der Waals surface area contributed by atoms with Gasteiger partial charge in [-0.15, -0.1) is 11.3 Å². The average Bonchev–Trinajstić information content (AvgIpc) is 2.96. The molecule has 7 heteroatoms. The number of ether oxygens (including phenoxy) is 1. The topological polar surface area (TPSA) is 72.5 Å². The zero-order valence-electron chi connectivity index (χ0n) is 13.3. The number of carbonyl (C=O) groups is 1. The third kappa shape index (κ3) is 4.40. The number of hydrogen-bond donors (Lipinski definition) is 1. The van der Waals surface area contributed by atoms with Gasteiger partial charge in [0.25, 0.3) is 0 Å². The van der Waals surface area contributed by atoms with E-state index in [0.29, 0.717) is 17.0 Å². The van der Waals surface area contributed by atoms with Crippen molar-refractivity contribution in [2.75, 3.05) is 13.7 Å². The highest BCUT2D eigenvalue weighted by atomic mass is 32.2. The number of hydrogen-bond acceptors (Lipinski definition) is 5. The number of thiophene rings is 1. The molecule has 5 nitrogen and oxygen atoms in total. The standard InChI is InChI=1S/C16H19NO4S2/c1-11-10-14(5-6-15(11)21-3)23(19,20)17-9-8-13-4-7-16(22-13)12(2)18/h4-7,10,17H,8-9H2,1-3H3. The van der Waals surface area contributed by atoms with E-state index in [9.17, 15) is 13.2 Å². The van der Waals surface area contributed by atoms with Crippen LogP contribution in [0, 0.1) is 6.92 Å². The molecule has 1 N–H and O–H groups in total. The Kier molecular flexibility index (Phi) is 5.56. The molecule has 0 radical (unpaired) electrons. The summed E-state index contributed by atoms with van der Waals surface area (Å²) in [7, 11) is -2.01. The van der Waals surface area contributed by atoms with Gasteiger partial charge in [-0.1, -0.05) is 0 Å². The van der Waals surface area contributed by atoms with Gasteiger partial charge in [0.05, 0.1) is 16.9 Å². The van der Waals surface area contributed by atoms with Crippen molar-refractivity contribution in [3.8, 4) is 5.75 Å². The fourth-order valence-electron chi connectivity index (χ4n) is 2.11. The Labute approximate surface area is 140 Å². The summed E-state index contributed by atoms with van der Waals surface area (Å²) in [6.07, 6.45) is 0.548. The Morgan fingerprint density at radius 1 is 1.26 bits per heavy atom. The monoisotopic (exact) mass is 353 g/mol. The van der Waals surface area contributed by atoms with Gasteiger partial charge >= 0.3 is 0 Å². The van der Waals surface area contributed by atoms with Crippen LogP contribution in [0.4, 0.5) is 0 Å². The molecule has 0 spiro atoms. The second-order valence-electron chi connectivity index (χ2n) is 5.10. The lowest BCUT2D eigenvalue weighted by Gasteiger charge is -2.09. The Bertz CT molecular complexity index is 809. The van der Waals surface area contributed by atoms with Gasteiger partial charge in [-0.25, -0.2) is 13.1 Å². The summed E-state index contributed by atoms with van der Waals surface area (Å²) >= 11 is 1.39. The van der Waals surface area contributed by atoms with Gasteiger partial charge in [-0.2, -0.15) is 0 Å². The van der Waals surface area contributed by atoms with Gasteiger partial charge in [-0.05, 0) is 56.2 Å². The summed E-state index contributed by atoms with van der Waals surface area (Å²) in [5, 5.41) is 0. The largest absolute Gasteiger partial charge is 0.496 e. The molecule has 0 unspecified atom stereocenters. The molecule has 0 saturated carbocycles. The zero-order chi connectivity index (χ0) is 17.0. The van der Waals surface area contributed by atoms with Crippen LogP contribution < -0.4 is 9.46 Å². The predicted molar refractivity (Wildman–Crippen MR) is 90.9 cm³/mol. The molecular weight excluding hydrogens is 334 g/mol. The summed E-state index contributed by atoms with van der Waals surface area (Å²) in [6.45, 7) is 3.60. The minimum Gasteiger partial charge on any atom is -0.496 e. The van der Waals surface area contributed by atoms with Crippen molar-refractivity contribution in [3.63, 3.8) is 0 Å². The van der Waals surface area contributed by atoms with E-state index in [1.807, 2.05) is 6.07 Å². The van der Waals surface area contributed by atoms with E-state index in [1.54, 1.807) is 32.2 Å². The number of methoxy groups -OCH3 is 1. The molecule has 0 aliphatic carbocycles. The number of ketones is 1. The molecule has 2 rings (SSSR count). The van der Waals surface area contributed by atoms with E-state index in [4.69, 9.17) is 4.74 Å². The molecule has 1 aromatic carbocycles. The van der Waals surface area contributed by atoms with Crippen molar-refractivity contribution in [1.82, 2.24) is 4.72 Å². The van der Waals surface area contributed by atoms with Crippen LogP contribution >= 0.6 is 11.3 Å². The molecule has 124 valence electrons. The van der Waals surface area contributed by atoms with Crippen molar-refractivity contribution in [2.24, 2.45) is 0 Å². The van der Waals surface area contributed by atoms with E-state index >= 15 is 0 Å². The molecule has 0 aliphatic heterocycles. The maximum Gasteiger partial charge on any atom is 0.240 e. The van der Waals surface area contributed by atoms with Crippen LogP contribution in [0.1, 0.15) is 27.0 Å². The number of sulfonamides is 1. The van der Waals surface area contributed by atoms with Gasteiger partial charge < -0.3 is 4.74 Å². The Morgan fingerprint density at radius 3 is 2.57 bits per heavy atom. The van der Waals surface area contributed by atoms with Crippen LogP contribution in [0.2, 0.25) is 0 Å². The first kappa shape index (κ1) is 17.7. The number of benzene rings is 1. The van der Waals surface area contributed by atoms with Gasteiger partial charge in [0.1, 0.15) is 5.75 Å². The summed E-state index contributed by atoms with van der Waals surface area (Å²) in [6, 6.07) is 8.37. The van der Waals surface area contributed by atoms with Crippen LogP contribution in [0.15, 0.2) is 35.2 Å². The van der Waals surface area contributed by atoms with Crippen LogP contribution in [-0.2, 0) is 16.4 Å². The molecule has 1 heterocycles. The lowest BCUT2D eigenvalue weighted by atomic mass is 10.2. The third-order valence-electron chi connectivity index (χ3n) is 3.35. The van der Waals surface area contributed by atoms with E-state index in [2.05, 4.69) is 4.72 Å². The highest BCUT2D eigenvalue weighted by Gasteiger charge is 2.15. The Morgan fingerprint density at radius 2 is 2.00 bits per heavy atom. The number of nitrogens with one attached hydrogen (secondary N) is 1. The lowest BCUT2D eigenvalue weighted by molar-refractivity contribution is 0.102. The fraction of sp³-hybridized carbons (Fsp3) is 0.312. The maximum atomic E-state index is 12.3. The number of Topliss-reactive ketones (excluding diaryl/α,β-unsaturated/α-hetero) is 1. The normalized spacial score (nSPS) is 11.4. The lowest BCUT2D eigenvalue weighted by Crippen LogP contribution is -2.25. The predicted octanol–water partition coefficient (Wildman–Crippen LogP) is 2.79. The highest BCUT2D eigenvalue weighted by Crippen LogP contribution is 2.21. The van der Waals surface area contributed by atoms with Crippen molar-refractivity contribution < 1.29 is 17.9 Å². The minimum atomic E-state index is -3.56. The Hall–Kier alpha value is -1.70. The van der Waals surface area contributed by atoms with Crippen molar-refractivity contribution in [3.05, 3.63) is 45.6 Å². The van der Waals surface area contributed by atoms with E-state index in [-0.39, 0.29) is 17.2 Å². The van der Waals surface area contributed by atoms with Crippen molar-refractivity contribution in [2.45, 2.75) is 25.2 Å². The molecule has 0 saturated heterocycles. The molecule has 0 fully saturated rings. The van der Waals surface area contributed by atoms with E-state index < -0.39 is 10.0 Å². The molecule has 0 atom stereocenters. The molecule has 0 bridgehead atoms. The Balaban J connectivity index is 2.01. The maximum absolute atomic E-state index is 12.3. The van der Waals surface area contributed by atoms with Gasteiger partial charge in [0.15, 0.2) is 5.78 Å². The molecule has 0 aliphatic rings. The summed E-state index contributed by atoms with van der Waals surface area (Å²) < 4.78 is 32.3. The van der Waals surface area contributed by atoms with Gasteiger partial charge in [0.2, 0.25) is 10.0 Å². The van der Waals surface area contributed by atoms with Crippen molar-refractivity contribution in [1.29, 1.82) is 0 Å². The molecular formula is C16H19NO4S2. The molecule has 1 aromatic heterocycles. The summed E-state index contributed by atoms with van der Waals surface area (Å²) in [5.41, 5.74) is 0.764. The summed E-state index contributed by atoms with van der Waals surface area (Å²) in [5.74, 6) is 0.676. The second kappa shape index (κ2) is 7.25. The first-order valence-electron chi connectivity index (χ1n) is 7.07. The quantitative estimate of drug-likeness (QED) is 0.777. The van der Waals surface area contributed by atoms with Crippen LogP contribution in [0.25, 0.3) is 0 Å². The third-order valence-corrected chi connectivity index (χ3v) is 6.05. The number of aryl methyl sites for hydroxylation is 1. The molecule has 0 amide bonds. The van der Waals surface area contributed by atoms with E-state index in [0.717, 1.165) is 10.4 Å². The van der Waals surface area contributed by atoms with Crippen LogP contribution in [-0.4, -0.2) is 27.9 Å². The zero-order valence-corrected chi connectivity index (χ0v) is 14.9. The van der Waals surface area contributed by atoms with Crippen LogP contribution in [0.3, 0.4) is 0 Å². The van der Waals surface area contributed by atoms with Gasteiger partial charge in [0, 0.05) is 11.4 Å². The first-order valence-corrected chi connectivity index (χ1v) is 9.37. The van der Waals surface area contributed by atoms with Gasteiger partial charge in [-0.3, -0.25) is 4.79 Å². The number of carbonyl (C=O) groups excluding carboxylic acids is 1. The highest BCUT2D eigenvalue weighted by molar-refractivity contribution is 7.89. The average molecular weight is 353 g/mol. The summed E-state index contributed by atoms with van der Waals surface area (Å²) in [4.78, 5) is 13.1. The van der Waals surface area contributed by atoms with Crippen LogP contribution in [0.5, 0.6) is 5.75 Å². The SMILES string of the molecule is COc1ccc(S(=O)(=O)NCCc2ccc(C(C)=O)s2)cc1C. The minimum absolute atomic E-state index is 0.0236. The fourth-order valence-corrected chi connectivity index (χ4v) is 4.13. The molecule has 23 heavy (non-hydrogen) atoms. The smallest absolute Gasteiger partial charge is 0.240 e.